The zero-order valence-corrected chi connectivity index (χ0v) is 22.6. The molecule has 0 bridgehead atoms. The topological polar surface area (TPSA) is 47.9 Å². The number of benzene rings is 5. The number of rotatable bonds is 12. The molecule has 202 valence electrons. The van der Waals surface area contributed by atoms with Crippen molar-refractivity contribution < 1.29 is 19.3 Å². The molecular weight excluding hydrogens is 496 g/mol. The lowest BCUT2D eigenvalue weighted by molar-refractivity contribution is 0.254. The molecule has 5 rings (SSSR count). The minimum Gasteiger partial charge on any atom is -0.497 e. The van der Waals surface area contributed by atoms with Crippen molar-refractivity contribution in [2.24, 2.45) is 0 Å². The molecule has 0 aliphatic rings. The first-order chi connectivity index (χ1) is 19.7. The van der Waals surface area contributed by atoms with Gasteiger partial charge in [0.15, 0.2) is 0 Å². The second-order valence-corrected chi connectivity index (χ2v) is 9.73. The zero-order chi connectivity index (χ0) is 27.6. The summed E-state index contributed by atoms with van der Waals surface area (Å²) in [6, 6.07) is 44.6. The number of ether oxygens (including phenoxy) is 3. The third kappa shape index (κ3) is 6.90. The highest BCUT2D eigenvalue weighted by Gasteiger charge is 2.27. The molecule has 0 aliphatic carbocycles. The molecule has 0 amide bonds. The summed E-state index contributed by atoms with van der Waals surface area (Å²) in [5, 5.41) is 10.7. The fourth-order valence-corrected chi connectivity index (χ4v) is 4.96. The largest absolute Gasteiger partial charge is 0.497 e. The van der Waals surface area contributed by atoms with Gasteiger partial charge in [-0.25, -0.2) is 0 Å². The van der Waals surface area contributed by atoms with Crippen molar-refractivity contribution in [3.63, 3.8) is 0 Å². The molecule has 1 unspecified atom stereocenters. The van der Waals surface area contributed by atoms with E-state index >= 15 is 0 Å². The summed E-state index contributed by atoms with van der Waals surface area (Å²) < 4.78 is 17.5. The Balaban J connectivity index is 1.41. The molecule has 40 heavy (non-hydrogen) atoms. The summed E-state index contributed by atoms with van der Waals surface area (Å²) in [5.41, 5.74) is 5.44. The van der Waals surface area contributed by atoms with Gasteiger partial charge in [0.25, 0.3) is 0 Å². The Hall–Kier alpha value is -4.54. The van der Waals surface area contributed by atoms with Gasteiger partial charge in [0.05, 0.1) is 13.7 Å². The Morgan fingerprint density at radius 2 is 1.02 bits per heavy atom. The summed E-state index contributed by atoms with van der Waals surface area (Å²) in [6.45, 7) is 1.00. The van der Waals surface area contributed by atoms with Crippen molar-refractivity contribution in [1.29, 1.82) is 0 Å². The van der Waals surface area contributed by atoms with Gasteiger partial charge in [0.1, 0.15) is 30.5 Å². The zero-order valence-electron chi connectivity index (χ0n) is 22.6. The molecule has 0 radical (unpaired) electrons. The summed E-state index contributed by atoms with van der Waals surface area (Å²) in [4.78, 5) is 0. The molecule has 0 aromatic heterocycles. The van der Waals surface area contributed by atoms with Crippen LogP contribution in [0.5, 0.6) is 17.2 Å². The highest BCUT2D eigenvalue weighted by atomic mass is 16.5. The Morgan fingerprint density at radius 1 is 0.525 bits per heavy atom. The Morgan fingerprint density at radius 3 is 1.48 bits per heavy atom. The molecule has 0 saturated carbocycles. The van der Waals surface area contributed by atoms with Crippen LogP contribution in [0, 0.1) is 0 Å². The maximum absolute atomic E-state index is 10.7. The first-order valence-electron chi connectivity index (χ1n) is 13.5. The quantitative estimate of drug-likeness (QED) is 0.179. The van der Waals surface area contributed by atoms with E-state index in [0.717, 1.165) is 45.1 Å². The van der Waals surface area contributed by atoms with E-state index in [0.29, 0.717) is 13.2 Å². The first-order valence-corrected chi connectivity index (χ1v) is 13.5. The fourth-order valence-electron chi connectivity index (χ4n) is 4.96. The van der Waals surface area contributed by atoms with Crippen LogP contribution in [0.15, 0.2) is 133 Å². The van der Waals surface area contributed by atoms with E-state index in [4.69, 9.17) is 14.2 Å². The number of aliphatic hydroxyl groups is 1. The van der Waals surface area contributed by atoms with Crippen LogP contribution in [-0.4, -0.2) is 18.8 Å². The first kappa shape index (κ1) is 27.0. The molecule has 0 saturated heterocycles. The van der Waals surface area contributed by atoms with Gasteiger partial charge >= 0.3 is 0 Å². The van der Waals surface area contributed by atoms with Crippen molar-refractivity contribution in [1.82, 2.24) is 0 Å². The Labute approximate surface area is 236 Å². The lowest BCUT2D eigenvalue weighted by atomic mass is 9.77. The number of methoxy groups -OCH3 is 1. The molecule has 0 fully saturated rings. The van der Waals surface area contributed by atoms with Crippen LogP contribution < -0.4 is 14.2 Å². The molecule has 5 aromatic carbocycles. The number of hydrogen-bond donors (Lipinski definition) is 1. The van der Waals surface area contributed by atoms with E-state index in [9.17, 15) is 5.11 Å². The third-order valence-electron chi connectivity index (χ3n) is 7.10. The van der Waals surface area contributed by atoms with Crippen LogP contribution in [0.3, 0.4) is 0 Å². The van der Waals surface area contributed by atoms with Crippen LogP contribution in [0.1, 0.15) is 39.7 Å². The molecule has 1 atom stereocenters. The fraction of sp³-hybridized carbons (Fsp3) is 0.167. The average Bonchev–Trinajstić information content (AvgIpc) is 3.03. The van der Waals surface area contributed by atoms with Crippen LogP contribution in [0.2, 0.25) is 0 Å². The highest BCUT2D eigenvalue weighted by Crippen LogP contribution is 2.40. The molecule has 4 nitrogen and oxygen atoms in total. The van der Waals surface area contributed by atoms with Gasteiger partial charge in [-0.05, 0) is 64.2 Å². The summed E-state index contributed by atoms with van der Waals surface area (Å²) in [7, 11) is 1.66. The molecule has 0 heterocycles. The normalized spacial score (nSPS) is 11.7. The second-order valence-electron chi connectivity index (χ2n) is 9.73. The average molecular weight is 531 g/mol. The Kier molecular flexibility index (Phi) is 9.13. The van der Waals surface area contributed by atoms with Gasteiger partial charge in [0, 0.05) is 11.8 Å². The highest BCUT2D eigenvalue weighted by molar-refractivity contribution is 5.43. The van der Waals surface area contributed by atoms with Gasteiger partial charge in [-0.3, -0.25) is 0 Å². The molecule has 0 aliphatic heterocycles. The van der Waals surface area contributed by atoms with E-state index in [-0.39, 0.29) is 18.4 Å². The third-order valence-corrected chi connectivity index (χ3v) is 7.10. The van der Waals surface area contributed by atoms with E-state index in [1.807, 2.05) is 84.9 Å². The van der Waals surface area contributed by atoms with Gasteiger partial charge in [0.2, 0.25) is 0 Å². The standard InChI is InChI=1S/C36H34O4/c1-38-34-14-8-13-31(23-34)35(24-37)36(29-15-19-32(20-16-29)39-25-27-9-4-2-5-10-27)30-17-21-33(22-18-30)40-26-28-11-6-3-7-12-28/h2-23,35-37H,24-26H2,1H3. The molecule has 4 heteroatoms. The number of hydrogen-bond acceptors (Lipinski definition) is 4. The minimum atomic E-state index is -0.178. The van der Waals surface area contributed by atoms with Crippen molar-refractivity contribution in [3.05, 3.63) is 161 Å². The van der Waals surface area contributed by atoms with Crippen LogP contribution >= 0.6 is 0 Å². The molecule has 1 N–H and O–H groups in total. The van der Waals surface area contributed by atoms with E-state index in [1.165, 1.54) is 0 Å². The van der Waals surface area contributed by atoms with Crippen molar-refractivity contribution >= 4 is 0 Å². The minimum absolute atomic E-state index is 0.0175. The SMILES string of the molecule is COc1cccc(C(CO)C(c2ccc(OCc3ccccc3)cc2)c2ccc(OCc3ccccc3)cc2)c1. The van der Waals surface area contributed by atoms with Gasteiger partial charge in [-0.2, -0.15) is 0 Å². The van der Waals surface area contributed by atoms with Crippen molar-refractivity contribution in [2.75, 3.05) is 13.7 Å². The lowest BCUT2D eigenvalue weighted by Crippen LogP contribution is -2.17. The van der Waals surface area contributed by atoms with E-state index in [1.54, 1.807) is 7.11 Å². The Bertz CT molecular complexity index is 1360. The van der Waals surface area contributed by atoms with Crippen LogP contribution in [-0.2, 0) is 13.2 Å². The number of aliphatic hydroxyl groups excluding tert-OH is 1. The molecule has 5 aromatic rings. The lowest BCUT2D eigenvalue weighted by Gasteiger charge is -2.28. The maximum Gasteiger partial charge on any atom is 0.119 e. The van der Waals surface area contributed by atoms with Crippen molar-refractivity contribution in [3.8, 4) is 17.2 Å². The van der Waals surface area contributed by atoms with Crippen LogP contribution in [0.25, 0.3) is 0 Å². The van der Waals surface area contributed by atoms with Gasteiger partial charge in [-0.15, -0.1) is 0 Å². The summed E-state index contributed by atoms with van der Waals surface area (Å²) in [6.07, 6.45) is 0. The maximum atomic E-state index is 10.7. The van der Waals surface area contributed by atoms with Gasteiger partial charge < -0.3 is 19.3 Å². The summed E-state index contributed by atoms with van der Waals surface area (Å²) in [5.74, 6) is 2.10. The van der Waals surface area contributed by atoms with Crippen molar-refractivity contribution in [2.45, 2.75) is 25.0 Å². The molecule has 0 spiro atoms. The smallest absolute Gasteiger partial charge is 0.119 e. The predicted molar refractivity (Wildman–Crippen MR) is 159 cm³/mol. The van der Waals surface area contributed by atoms with Crippen LogP contribution in [0.4, 0.5) is 0 Å². The summed E-state index contributed by atoms with van der Waals surface area (Å²) >= 11 is 0. The monoisotopic (exact) mass is 530 g/mol. The second kappa shape index (κ2) is 13.5. The molecular formula is C36H34O4. The predicted octanol–water partition coefficient (Wildman–Crippen LogP) is 7.76. The van der Waals surface area contributed by atoms with E-state index < -0.39 is 0 Å². The van der Waals surface area contributed by atoms with Gasteiger partial charge in [-0.1, -0.05) is 97.1 Å². The van der Waals surface area contributed by atoms with E-state index in [2.05, 4.69) is 48.5 Å².